The highest BCUT2D eigenvalue weighted by Crippen LogP contribution is 1.96. The van der Waals surface area contributed by atoms with Gasteiger partial charge in [0, 0.05) is 0 Å². The molecular weight excluding hydrogens is 240 g/mol. The van der Waals surface area contributed by atoms with Crippen molar-refractivity contribution in [3.63, 3.8) is 0 Å². The number of carbonyl (C=O) groups excluding carboxylic acids is 1. The Hall–Kier alpha value is -1.51. The second-order valence-electron chi connectivity index (χ2n) is 4.56. The smallest absolute Gasteiger partial charge is 0.434 e. The Morgan fingerprint density at radius 2 is 1.53 bits per heavy atom. The van der Waals surface area contributed by atoms with Gasteiger partial charge in [0.05, 0.1) is 6.61 Å². The number of hydrogen-bond acceptors (Lipinski definition) is 3. The highest BCUT2D eigenvalue weighted by molar-refractivity contribution is 5.59. The van der Waals surface area contributed by atoms with Gasteiger partial charge in [-0.15, -0.1) is 0 Å². The average Bonchev–Trinajstić information content (AvgIpc) is 2.38. The van der Waals surface area contributed by atoms with Crippen LogP contribution in [0.2, 0.25) is 0 Å². The Bertz CT molecular complexity index is 301. The molecule has 0 aliphatic rings. The fraction of sp³-hybridized carbons (Fsp3) is 0.562. The normalized spacial score (nSPS) is 12.0. The van der Waals surface area contributed by atoms with Gasteiger partial charge in [0.2, 0.25) is 0 Å². The Balaban J connectivity index is 3.48. The molecular formula is C16H26O3. The summed E-state index contributed by atoms with van der Waals surface area (Å²) in [5.74, 6) is 0.329. The van der Waals surface area contributed by atoms with Gasteiger partial charge in [-0.1, -0.05) is 57.2 Å². The van der Waals surface area contributed by atoms with Crippen LogP contribution in [0.3, 0.4) is 0 Å². The molecule has 0 bridgehead atoms. The van der Waals surface area contributed by atoms with Gasteiger partial charge in [0.25, 0.3) is 0 Å². The van der Waals surface area contributed by atoms with Gasteiger partial charge < -0.3 is 9.47 Å². The van der Waals surface area contributed by atoms with Crippen LogP contribution in [0.1, 0.15) is 40.0 Å². The quantitative estimate of drug-likeness (QED) is 0.450. The van der Waals surface area contributed by atoms with Crippen molar-refractivity contribution in [3.05, 3.63) is 36.5 Å². The molecule has 0 N–H and O–H groups in total. The molecule has 3 heteroatoms. The monoisotopic (exact) mass is 266 g/mol. The third-order valence-corrected chi connectivity index (χ3v) is 2.11. The fourth-order valence-electron chi connectivity index (χ4n) is 1.17. The molecule has 0 saturated heterocycles. The number of ether oxygens (including phenoxy) is 2. The Labute approximate surface area is 117 Å². The zero-order chi connectivity index (χ0) is 14.3. The van der Waals surface area contributed by atoms with Crippen LogP contribution in [-0.2, 0) is 9.47 Å². The molecule has 0 spiro atoms. The standard InChI is InChI=1S/C16H26O3/c1-4-5-6-7-8-9-10-11-12-13-18-16(17)19-14-15(2)3/h5-6,8-9,11-12,15H,4,7,10,13-14H2,1-3H3/b6-5-,9-8-,12-11-. The Morgan fingerprint density at radius 3 is 2.11 bits per heavy atom. The largest absolute Gasteiger partial charge is 0.508 e. The van der Waals surface area contributed by atoms with Crippen LogP contribution in [0, 0.1) is 5.92 Å². The third-order valence-electron chi connectivity index (χ3n) is 2.11. The summed E-state index contributed by atoms with van der Waals surface area (Å²) in [7, 11) is 0. The van der Waals surface area contributed by atoms with E-state index in [-0.39, 0.29) is 6.61 Å². The van der Waals surface area contributed by atoms with Crippen molar-refractivity contribution in [1.29, 1.82) is 0 Å². The minimum atomic E-state index is -0.599. The molecule has 0 aromatic rings. The SMILES string of the molecule is CC/C=C\C/C=C\C/C=C\COC(=O)OCC(C)C. The van der Waals surface area contributed by atoms with Crippen LogP contribution < -0.4 is 0 Å². The predicted octanol–water partition coefficient (Wildman–Crippen LogP) is 4.65. The van der Waals surface area contributed by atoms with Gasteiger partial charge in [-0.05, 0) is 25.2 Å². The van der Waals surface area contributed by atoms with E-state index >= 15 is 0 Å². The van der Waals surface area contributed by atoms with Gasteiger partial charge >= 0.3 is 6.16 Å². The molecule has 0 atom stereocenters. The molecule has 0 unspecified atom stereocenters. The average molecular weight is 266 g/mol. The van der Waals surface area contributed by atoms with E-state index in [1.807, 2.05) is 26.0 Å². The summed E-state index contributed by atoms with van der Waals surface area (Å²) in [5.41, 5.74) is 0. The minimum Gasteiger partial charge on any atom is -0.434 e. The second-order valence-corrected chi connectivity index (χ2v) is 4.56. The van der Waals surface area contributed by atoms with Crippen LogP contribution >= 0.6 is 0 Å². The van der Waals surface area contributed by atoms with E-state index in [0.717, 1.165) is 19.3 Å². The molecule has 0 aromatic heterocycles. The number of allylic oxidation sites excluding steroid dienone is 5. The van der Waals surface area contributed by atoms with E-state index in [4.69, 9.17) is 9.47 Å². The van der Waals surface area contributed by atoms with Crippen molar-refractivity contribution in [3.8, 4) is 0 Å². The van der Waals surface area contributed by atoms with Crippen molar-refractivity contribution in [2.45, 2.75) is 40.0 Å². The van der Waals surface area contributed by atoms with Crippen LogP contribution in [0.25, 0.3) is 0 Å². The first-order chi connectivity index (χ1) is 9.16. The summed E-state index contributed by atoms with van der Waals surface area (Å²) in [5, 5.41) is 0. The minimum absolute atomic E-state index is 0.264. The molecule has 0 radical (unpaired) electrons. The number of carbonyl (C=O) groups is 1. The van der Waals surface area contributed by atoms with Gasteiger partial charge in [-0.2, -0.15) is 0 Å². The van der Waals surface area contributed by atoms with Gasteiger partial charge in [0.1, 0.15) is 6.61 Å². The predicted molar refractivity (Wildman–Crippen MR) is 79.1 cm³/mol. The first-order valence-electron chi connectivity index (χ1n) is 6.91. The van der Waals surface area contributed by atoms with Gasteiger partial charge in [0.15, 0.2) is 0 Å². The summed E-state index contributed by atoms with van der Waals surface area (Å²) in [6.45, 7) is 6.75. The van der Waals surface area contributed by atoms with Crippen LogP contribution in [0.5, 0.6) is 0 Å². The molecule has 108 valence electrons. The number of rotatable bonds is 9. The zero-order valence-electron chi connectivity index (χ0n) is 12.3. The Morgan fingerprint density at radius 1 is 0.947 bits per heavy atom. The van der Waals surface area contributed by atoms with Crippen molar-refractivity contribution >= 4 is 6.16 Å². The molecule has 0 saturated carbocycles. The van der Waals surface area contributed by atoms with E-state index in [2.05, 4.69) is 31.2 Å². The van der Waals surface area contributed by atoms with Gasteiger partial charge in [-0.25, -0.2) is 4.79 Å². The maximum atomic E-state index is 11.1. The van der Waals surface area contributed by atoms with E-state index in [1.165, 1.54) is 0 Å². The highest BCUT2D eigenvalue weighted by Gasteiger charge is 2.03. The van der Waals surface area contributed by atoms with E-state index in [1.54, 1.807) is 0 Å². The maximum Gasteiger partial charge on any atom is 0.508 e. The van der Waals surface area contributed by atoms with E-state index in [0.29, 0.717) is 12.5 Å². The van der Waals surface area contributed by atoms with Crippen molar-refractivity contribution < 1.29 is 14.3 Å². The molecule has 0 aliphatic carbocycles. The lowest BCUT2D eigenvalue weighted by Gasteiger charge is -2.06. The Kier molecular flexibility index (Phi) is 11.9. The maximum absolute atomic E-state index is 11.1. The fourth-order valence-corrected chi connectivity index (χ4v) is 1.17. The lowest BCUT2D eigenvalue weighted by molar-refractivity contribution is 0.0550. The third kappa shape index (κ3) is 14.4. The molecule has 0 aliphatic heterocycles. The van der Waals surface area contributed by atoms with Crippen LogP contribution in [-0.4, -0.2) is 19.4 Å². The highest BCUT2D eigenvalue weighted by atomic mass is 16.7. The van der Waals surface area contributed by atoms with Crippen molar-refractivity contribution in [2.75, 3.05) is 13.2 Å². The van der Waals surface area contributed by atoms with Crippen LogP contribution in [0.4, 0.5) is 4.79 Å². The van der Waals surface area contributed by atoms with Crippen molar-refractivity contribution in [2.24, 2.45) is 5.92 Å². The first kappa shape index (κ1) is 17.5. The van der Waals surface area contributed by atoms with Crippen LogP contribution in [0.15, 0.2) is 36.5 Å². The molecule has 0 heterocycles. The molecule has 0 fully saturated rings. The zero-order valence-corrected chi connectivity index (χ0v) is 12.3. The second kappa shape index (κ2) is 12.9. The molecule has 3 nitrogen and oxygen atoms in total. The van der Waals surface area contributed by atoms with E-state index < -0.39 is 6.16 Å². The summed E-state index contributed by atoms with van der Waals surface area (Å²) in [4.78, 5) is 11.1. The summed E-state index contributed by atoms with van der Waals surface area (Å²) >= 11 is 0. The summed E-state index contributed by atoms with van der Waals surface area (Å²) in [6.07, 6.45) is 14.6. The molecule has 0 rings (SSSR count). The summed E-state index contributed by atoms with van der Waals surface area (Å²) < 4.78 is 9.74. The lowest BCUT2D eigenvalue weighted by Crippen LogP contribution is -2.11. The van der Waals surface area contributed by atoms with E-state index in [9.17, 15) is 4.79 Å². The molecule has 0 aromatic carbocycles. The molecule has 0 amide bonds. The molecule has 19 heavy (non-hydrogen) atoms. The first-order valence-corrected chi connectivity index (χ1v) is 6.91. The summed E-state index contributed by atoms with van der Waals surface area (Å²) in [6, 6.07) is 0. The van der Waals surface area contributed by atoms with Crippen molar-refractivity contribution in [1.82, 2.24) is 0 Å². The number of hydrogen-bond donors (Lipinski definition) is 0. The topological polar surface area (TPSA) is 35.5 Å². The van der Waals surface area contributed by atoms with Gasteiger partial charge in [-0.3, -0.25) is 0 Å². The lowest BCUT2D eigenvalue weighted by atomic mass is 10.2.